The number of likely N-dealkylation sites (N-methyl/N-ethyl adjacent to an activating group) is 1. The van der Waals surface area contributed by atoms with Crippen LogP contribution in [0, 0.1) is 5.82 Å². The lowest BCUT2D eigenvalue weighted by Crippen LogP contribution is -2.46. The smallest absolute Gasteiger partial charge is 0.255 e. The largest absolute Gasteiger partial charge is 0.367 e. The lowest BCUT2D eigenvalue weighted by molar-refractivity contribution is 0.102. The van der Waals surface area contributed by atoms with Gasteiger partial charge in [0.25, 0.3) is 5.91 Å². The molecule has 0 aromatic heterocycles. The molecular weight excluding hydrogens is 355 g/mol. The van der Waals surface area contributed by atoms with E-state index in [0.717, 1.165) is 50.5 Å². The minimum Gasteiger partial charge on any atom is -0.367 e. The van der Waals surface area contributed by atoms with E-state index in [1.807, 2.05) is 31.2 Å². The highest BCUT2D eigenvalue weighted by Crippen LogP contribution is 2.23. The van der Waals surface area contributed by atoms with Crippen molar-refractivity contribution in [3.05, 3.63) is 59.4 Å². The van der Waals surface area contributed by atoms with Crippen molar-refractivity contribution in [3.8, 4) is 0 Å². The van der Waals surface area contributed by atoms with Crippen LogP contribution in [0.2, 0.25) is 0 Å². The fraction of sp³-hybridized carbons (Fsp3) is 0.409. The van der Waals surface area contributed by atoms with Crippen LogP contribution < -0.4 is 15.5 Å². The second kappa shape index (κ2) is 9.66. The predicted octanol–water partition coefficient (Wildman–Crippen LogP) is 3.33. The number of nitrogens with one attached hydrogen (secondary N) is 2. The predicted molar refractivity (Wildman–Crippen MR) is 113 cm³/mol. The molecule has 0 aliphatic carbocycles. The van der Waals surface area contributed by atoms with E-state index in [-0.39, 0.29) is 11.7 Å². The Morgan fingerprint density at radius 3 is 2.50 bits per heavy atom. The Hall–Kier alpha value is -2.44. The number of halogens is 1. The molecule has 1 aliphatic rings. The normalized spacial score (nSPS) is 14.9. The maximum absolute atomic E-state index is 14.7. The van der Waals surface area contributed by atoms with Gasteiger partial charge >= 0.3 is 0 Å². The van der Waals surface area contributed by atoms with Crippen molar-refractivity contribution in [1.82, 2.24) is 10.2 Å². The van der Waals surface area contributed by atoms with Gasteiger partial charge in [-0.3, -0.25) is 4.79 Å². The van der Waals surface area contributed by atoms with E-state index in [1.165, 1.54) is 6.07 Å². The first-order chi connectivity index (χ1) is 13.6. The summed E-state index contributed by atoms with van der Waals surface area (Å²) in [4.78, 5) is 17.0. The third-order valence-corrected chi connectivity index (χ3v) is 5.20. The highest BCUT2D eigenvalue weighted by atomic mass is 19.1. The zero-order valence-corrected chi connectivity index (χ0v) is 16.7. The summed E-state index contributed by atoms with van der Waals surface area (Å²) in [6.07, 6.45) is 0. The van der Waals surface area contributed by atoms with E-state index >= 15 is 0 Å². The summed E-state index contributed by atoms with van der Waals surface area (Å²) in [6, 6.07) is 12.4. The van der Waals surface area contributed by atoms with Crippen LogP contribution >= 0.6 is 0 Å². The monoisotopic (exact) mass is 384 g/mol. The number of piperazine rings is 1. The van der Waals surface area contributed by atoms with Crippen LogP contribution in [0.5, 0.6) is 0 Å². The summed E-state index contributed by atoms with van der Waals surface area (Å²) in [5, 5.41) is 6.17. The summed E-state index contributed by atoms with van der Waals surface area (Å²) in [6.45, 7) is 10.2. The summed E-state index contributed by atoms with van der Waals surface area (Å²) in [7, 11) is 0. The van der Waals surface area contributed by atoms with Crippen molar-refractivity contribution in [2.24, 2.45) is 0 Å². The lowest BCUT2D eigenvalue weighted by atomic mass is 10.1. The lowest BCUT2D eigenvalue weighted by Gasteiger charge is -2.35. The molecule has 6 heteroatoms. The van der Waals surface area contributed by atoms with Gasteiger partial charge in [0.05, 0.1) is 5.69 Å². The van der Waals surface area contributed by atoms with E-state index in [4.69, 9.17) is 0 Å². The molecule has 5 nitrogen and oxygen atoms in total. The van der Waals surface area contributed by atoms with Crippen molar-refractivity contribution in [2.75, 3.05) is 49.5 Å². The van der Waals surface area contributed by atoms with Crippen LogP contribution in [0.25, 0.3) is 0 Å². The van der Waals surface area contributed by atoms with Crippen LogP contribution in [-0.2, 0) is 6.54 Å². The molecule has 2 aromatic rings. The number of rotatable bonds is 7. The van der Waals surface area contributed by atoms with Gasteiger partial charge in [-0.1, -0.05) is 32.0 Å². The van der Waals surface area contributed by atoms with E-state index in [9.17, 15) is 9.18 Å². The highest BCUT2D eigenvalue weighted by Gasteiger charge is 2.19. The van der Waals surface area contributed by atoms with Gasteiger partial charge < -0.3 is 20.4 Å². The molecule has 1 fully saturated rings. The summed E-state index contributed by atoms with van der Waals surface area (Å²) >= 11 is 0. The number of para-hydroxylation sites is 1. The van der Waals surface area contributed by atoms with Crippen molar-refractivity contribution in [1.29, 1.82) is 0 Å². The third-order valence-electron chi connectivity index (χ3n) is 5.20. The molecule has 2 aromatic carbocycles. The van der Waals surface area contributed by atoms with E-state index in [1.54, 1.807) is 12.1 Å². The molecule has 2 N–H and O–H groups in total. The number of hydrogen-bond acceptors (Lipinski definition) is 4. The molecule has 0 spiro atoms. The van der Waals surface area contributed by atoms with Crippen LogP contribution in [-0.4, -0.2) is 50.1 Å². The molecule has 1 heterocycles. The van der Waals surface area contributed by atoms with Crippen molar-refractivity contribution < 1.29 is 9.18 Å². The molecule has 3 rings (SSSR count). The number of carbonyl (C=O) groups excluding carboxylic acids is 1. The van der Waals surface area contributed by atoms with Crippen LogP contribution in [0.3, 0.4) is 0 Å². The summed E-state index contributed by atoms with van der Waals surface area (Å²) in [5.74, 6) is -0.649. The van der Waals surface area contributed by atoms with Gasteiger partial charge in [-0.2, -0.15) is 0 Å². The number of nitrogens with zero attached hydrogens (tertiary/aromatic N) is 2. The summed E-state index contributed by atoms with van der Waals surface area (Å²) in [5.41, 5.74) is 2.64. The average molecular weight is 384 g/mol. The van der Waals surface area contributed by atoms with Gasteiger partial charge in [-0.25, -0.2) is 4.39 Å². The van der Waals surface area contributed by atoms with E-state index < -0.39 is 0 Å². The molecule has 0 radical (unpaired) electrons. The molecule has 1 aliphatic heterocycles. The van der Waals surface area contributed by atoms with Gasteiger partial charge in [0, 0.05) is 44.0 Å². The quantitative estimate of drug-likeness (QED) is 0.769. The first-order valence-electron chi connectivity index (χ1n) is 9.99. The Labute approximate surface area is 166 Å². The van der Waals surface area contributed by atoms with Crippen molar-refractivity contribution >= 4 is 17.3 Å². The zero-order valence-electron chi connectivity index (χ0n) is 16.7. The Morgan fingerprint density at radius 2 is 1.82 bits per heavy atom. The maximum Gasteiger partial charge on any atom is 0.255 e. The maximum atomic E-state index is 14.7. The number of anilines is 2. The molecule has 150 valence electrons. The molecule has 28 heavy (non-hydrogen) atoms. The third kappa shape index (κ3) is 4.88. The Kier molecular flexibility index (Phi) is 7.01. The fourth-order valence-electron chi connectivity index (χ4n) is 3.46. The standard InChI is InChI=1S/C22H29FN4O/c1-3-24-16-18-7-5-6-8-20(18)25-22(28)17-9-10-21(19(23)15-17)27-13-11-26(4-2)12-14-27/h5-10,15,24H,3-4,11-14,16H2,1-2H3,(H,25,28). The van der Waals surface area contributed by atoms with E-state index in [2.05, 4.69) is 27.4 Å². The molecule has 0 unspecified atom stereocenters. The number of carbonyl (C=O) groups is 1. The fourth-order valence-corrected chi connectivity index (χ4v) is 3.46. The second-order valence-corrected chi connectivity index (χ2v) is 6.98. The second-order valence-electron chi connectivity index (χ2n) is 6.98. The molecule has 0 saturated carbocycles. The first-order valence-corrected chi connectivity index (χ1v) is 9.99. The number of hydrogen-bond donors (Lipinski definition) is 2. The number of amides is 1. The minimum atomic E-state index is -0.349. The van der Waals surface area contributed by atoms with Gasteiger partial charge in [0.15, 0.2) is 0 Å². The van der Waals surface area contributed by atoms with Crippen molar-refractivity contribution in [3.63, 3.8) is 0 Å². The molecular formula is C22H29FN4O. The average Bonchev–Trinajstić information content (AvgIpc) is 2.73. The Morgan fingerprint density at radius 1 is 1.07 bits per heavy atom. The SMILES string of the molecule is CCNCc1ccccc1NC(=O)c1ccc(N2CCN(CC)CC2)c(F)c1. The number of benzene rings is 2. The highest BCUT2D eigenvalue weighted by molar-refractivity contribution is 6.04. The summed E-state index contributed by atoms with van der Waals surface area (Å²) < 4.78 is 14.7. The molecule has 0 bridgehead atoms. The van der Waals surface area contributed by atoms with Gasteiger partial charge in [-0.05, 0) is 42.9 Å². The van der Waals surface area contributed by atoms with Gasteiger partial charge in [0.2, 0.25) is 0 Å². The van der Waals surface area contributed by atoms with Gasteiger partial charge in [-0.15, -0.1) is 0 Å². The Bertz CT molecular complexity index is 803. The van der Waals surface area contributed by atoms with Gasteiger partial charge in [0.1, 0.15) is 5.82 Å². The minimum absolute atomic E-state index is 0.301. The molecule has 1 amide bonds. The van der Waals surface area contributed by atoms with Crippen LogP contribution in [0.15, 0.2) is 42.5 Å². The molecule has 0 atom stereocenters. The van der Waals surface area contributed by atoms with Crippen LogP contribution in [0.1, 0.15) is 29.8 Å². The topological polar surface area (TPSA) is 47.6 Å². The Balaban J connectivity index is 1.69. The zero-order chi connectivity index (χ0) is 19.9. The first kappa shape index (κ1) is 20.3. The van der Waals surface area contributed by atoms with Crippen molar-refractivity contribution in [2.45, 2.75) is 20.4 Å². The van der Waals surface area contributed by atoms with E-state index in [0.29, 0.717) is 17.8 Å². The molecule has 1 saturated heterocycles. The van der Waals surface area contributed by atoms with Crippen LogP contribution in [0.4, 0.5) is 15.8 Å².